The maximum atomic E-state index is 11.7. The minimum atomic E-state index is -3.39. The average Bonchev–Trinajstić information content (AvgIpc) is 2.27. The fourth-order valence-electron chi connectivity index (χ4n) is 1.39. The third kappa shape index (κ3) is 4.35. The lowest BCUT2D eigenvalue weighted by atomic mass is 10.5. The highest BCUT2D eigenvalue weighted by atomic mass is 32.2. The Bertz CT molecular complexity index is 423. The van der Waals surface area contributed by atoms with Gasteiger partial charge >= 0.3 is 12.0 Å². The van der Waals surface area contributed by atoms with E-state index in [9.17, 15) is 18.0 Å². The number of rotatable bonds is 4. The van der Waals surface area contributed by atoms with Crippen LogP contribution in [0.2, 0.25) is 0 Å². The van der Waals surface area contributed by atoms with Crippen molar-refractivity contribution in [1.29, 1.82) is 0 Å². The summed E-state index contributed by atoms with van der Waals surface area (Å²) in [5, 5.41) is 7.42. The monoisotopic (exact) mass is 298 g/mol. The smallest absolute Gasteiger partial charge is 0.342 e. The highest BCUT2D eigenvalue weighted by molar-refractivity contribution is 8.00. The second-order valence-electron chi connectivity index (χ2n) is 3.64. The van der Waals surface area contributed by atoms with Gasteiger partial charge in [0.25, 0.3) is 0 Å². The van der Waals surface area contributed by atoms with Gasteiger partial charge in [0.05, 0.1) is 0 Å². The van der Waals surface area contributed by atoms with E-state index in [0.29, 0.717) is 11.5 Å². The number of carbonyl (C=O) groups is 2. The van der Waals surface area contributed by atoms with E-state index in [0.717, 1.165) is 11.2 Å². The molecule has 1 fully saturated rings. The maximum absolute atomic E-state index is 11.7. The van der Waals surface area contributed by atoms with Crippen molar-refractivity contribution in [2.45, 2.75) is 5.37 Å². The molecule has 0 saturated carbocycles. The molecule has 0 aromatic heterocycles. The topological polar surface area (TPSA) is 113 Å². The molecule has 2 amide bonds. The number of hydrogen-bond donors (Lipinski definition) is 2. The lowest BCUT2D eigenvalue weighted by Crippen LogP contribution is -2.53. The van der Waals surface area contributed by atoms with Crippen LogP contribution >= 0.6 is 11.8 Å². The molecule has 0 radical (unpaired) electrons. The summed E-state index contributed by atoms with van der Waals surface area (Å²) < 4.78 is 23.0. The van der Waals surface area contributed by atoms with E-state index in [1.165, 1.54) is 11.8 Å². The zero-order valence-corrected chi connectivity index (χ0v) is 11.3. The number of carbonyl (C=O) groups excluding carboxylic acids is 1. The second kappa shape index (κ2) is 6.25. The molecule has 1 heterocycles. The van der Waals surface area contributed by atoms with Crippen LogP contribution < -0.4 is 5.48 Å². The fourth-order valence-corrected chi connectivity index (χ4v) is 4.20. The largest absolute Gasteiger partial charge is 0.479 e. The van der Waals surface area contributed by atoms with Crippen molar-refractivity contribution in [2.24, 2.45) is 0 Å². The van der Waals surface area contributed by atoms with Gasteiger partial charge in [0.1, 0.15) is 5.37 Å². The highest BCUT2D eigenvalue weighted by Gasteiger charge is 2.34. The Kier molecular flexibility index (Phi) is 5.23. The molecular weight excluding hydrogens is 284 g/mol. The number of aliphatic carboxylic acids is 1. The summed E-state index contributed by atoms with van der Waals surface area (Å²) in [5.74, 6) is -0.312. The Hall–Kier alpha value is -1.00. The lowest BCUT2D eigenvalue weighted by molar-refractivity contribution is -0.144. The fraction of sp³-hybridized carbons (Fsp3) is 0.750. The number of urea groups is 1. The Morgan fingerprint density at radius 3 is 2.78 bits per heavy atom. The number of carboxylic acids is 1. The minimum Gasteiger partial charge on any atom is -0.479 e. The molecule has 2 N–H and O–H groups in total. The third-order valence-corrected chi connectivity index (χ3v) is 4.84. The predicted octanol–water partition coefficient (Wildman–Crippen LogP) is -0.868. The Morgan fingerprint density at radius 1 is 1.56 bits per heavy atom. The highest BCUT2D eigenvalue weighted by Crippen LogP contribution is 2.20. The molecule has 104 valence electrons. The van der Waals surface area contributed by atoms with Gasteiger partial charge in [-0.1, -0.05) is 0 Å². The van der Waals surface area contributed by atoms with Gasteiger partial charge in [-0.3, -0.25) is 4.84 Å². The summed E-state index contributed by atoms with van der Waals surface area (Å²) in [6.07, 6.45) is 1.06. The van der Waals surface area contributed by atoms with Crippen molar-refractivity contribution in [2.75, 3.05) is 30.9 Å². The van der Waals surface area contributed by atoms with Crippen LogP contribution in [0.3, 0.4) is 0 Å². The van der Waals surface area contributed by atoms with Crippen LogP contribution in [0.4, 0.5) is 4.79 Å². The van der Waals surface area contributed by atoms with Crippen LogP contribution in [0, 0.1) is 0 Å². The molecule has 0 aromatic carbocycles. The van der Waals surface area contributed by atoms with Crippen LogP contribution in [0.5, 0.6) is 0 Å². The Balaban J connectivity index is 2.61. The molecule has 0 spiro atoms. The summed E-state index contributed by atoms with van der Waals surface area (Å²) in [5.41, 5.74) is 1.92. The van der Waals surface area contributed by atoms with Gasteiger partial charge in [0.15, 0.2) is 16.4 Å². The molecule has 1 rings (SSSR count). The number of nitrogens with one attached hydrogen (secondary N) is 1. The average molecular weight is 298 g/mol. The molecular formula is C8H14N2O6S2. The molecule has 1 aliphatic rings. The molecule has 1 aliphatic heterocycles. The van der Waals surface area contributed by atoms with Crippen molar-refractivity contribution in [3.8, 4) is 0 Å². The lowest BCUT2D eigenvalue weighted by Gasteiger charge is -2.33. The summed E-state index contributed by atoms with van der Waals surface area (Å²) in [7, 11) is -3.39. The standard InChI is InChI=1S/C8H14N2O6S2/c1-18(14,15)6-5-17-3-2-10(6)8(13)9-16-4-7(11)12/h6H,2-5H2,1H3,(H,9,13)(H,11,12). The Morgan fingerprint density at radius 2 is 2.22 bits per heavy atom. The first-order chi connectivity index (χ1) is 8.32. The van der Waals surface area contributed by atoms with Crippen LogP contribution in [-0.2, 0) is 19.5 Å². The summed E-state index contributed by atoms with van der Waals surface area (Å²) in [6, 6.07) is -0.744. The van der Waals surface area contributed by atoms with Crippen LogP contribution in [0.1, 0.15) is 0 Å². The van der Waals surface area contributed by atoms with E-state index in [2.05, 4.69) is 4.84 Å². The zero-order chi connectivity index (χ0) is 13.8. The SMILES string of the molecule is CS(=O)(=O)C1CSCCN1C(=O)NOCC(=O)O. The number of amides is 2. The van der Waals surface area contributed by atoms with Gasteiger partial charge in [-0.05, 0) is 0 Å². The van der Waals surface area contributed by atoms with E-state index in [-0.39, 0.29) is 6.54 Å². The van der Waals surface area contributed by atoms with Crippen molar-refractivity contribution in [1.82, 2.24) is 10.4 Å². The van der Waals surface area contributed by atoms with Gasteiger partial charge in [-0.25, -0.2) is 23.5 Å². The molecule has 1 atom stereocenters. The first-order valence-corrected chi connectivity index (χ1v) is 8.10. The molecule has 10 heteroatoms. The molecule has 0 aromatic rings. The van der Waals surface area contributed by atoms with Crippen molar-refractivity contribution in [3.63, 3.8) is 0 Å². The van der Waals surface area contributed by atoms with Crippen molar-refractivity contribution in [3.05, 3.63) is 0 Å². The molecule has 8 nitrogen and oxygen atoms in total. The quantitative estimate of drug-likeness (QED) is 0.649. The van der Waals surface area contributed by atoms with Gasteiger partial charge in [-0.15, -0.1) is 0 Å². The van der Waals surface area contributed by atoms with E-state index in [1.807, 2.05) is 5.48 Å². The molecule has 1 saturated heterocycles. The van der Waals surface area contributed by atoms with E-state index in [4.69, 9.17) is 5.11 Å². The summed E-state index contributed by atoms with van der Waals surface area (Å²) in [6.45, 7) is -0.414. The second-order valence-corrected chi connectivity index (χ2v) is 7.00. The molecule has 0 aliphatic carbocycles. The normalized spacial score (nSPS) is 20.5. The van der Waals surface area contributed by atoms with Crippen LogP contribution in [-0.4, -0.2) is 66.7 Å². The number of hydrogen-bond acceptors (Lipinski definition) is 6. The first-order valence-electron chi connectivity index (χ1n) is 4.99. The number of thioether (sulfide) groups is 1. The van der Waals surface area contributed by atoms with Crippen molar-refractivity contribution >= 4 is 33.6 Å². The molecule has 18 heavy (non-hydrogen) atoms. The number of hydroxylamine groups is 1. The van der Waals surface area contributed by atoms with Crippen LogP contribution in [0.15, 0.2) is 0 Å². The van der Waals surface area contributed by atoms with Gasteiger partial charge in [-0.2, -0.15) is 11.8 Å². The number of carboxylic acid groups (broad SMARTS) is 1. The third-order valence-electron chi connectivity index (χ3n) is 2.19. The first kappa shape index (κ1) is 15.1. The minimum absolute atomic E-state index is 0.269. The van der Waals surface area contributed by atoms with E-state index < -0.39 is 33.8 Å². The van der Waals surface area contributed by atoms with E-state index in [1.54, 1.807) is 0 Å². The number of nitrogens with zero attached hydrogens (tertiary/aromatic N) is 1. The van der Waals surface area contributed by atoms with Gasteiger partial charge in [0, 0.05) is 24.3 Å². The summed E-state index contributed by atoms with van der Waals surface area (Å²) >= 11 is 1.44. The summed E-state index contributed by atoms with van der Waals surface area (Å²) in [4.78, 5) is 27.4. The van der Waals surface area contributed by atoms with Gasteiger partial charge < -0.3 is 10.0 Å². The number of sulfone groups is 1. The molecule has 1 unspecified atom stereocenters. The maximum Gasteiger partial charge on any atom is 0.342 e. The van der Waals surface area contributed by atoms with Crippen molar-refractivity contribution < 1.29 is 28.0 Å². The predicted molar refractivity (Wildman–Crippen MR) is 64.8 cm³/mol. The zero-order valence-electron chi connectivity index (χ0n) is 9.66. The van der Waals surface area contributed by atoms with E-state index >= 15 is 0 Å². The van der Waals surface area contributed by atoms with Crippen LogP contribution in [0.25, 0.3) is 0 Å². The molecule has 0 bridgehead atoms. The Labute approximate surface area is 109 Å². The van der Waals surface area contributed by atoms with Gasteiger partial charge in [0.2, 0.25) is 0 Å².